The molecule has 7 heteroatoms. The predicted molar refractivity (Wildman–Crippen MR) is 120 cm³/mol. The fourth-order valence-corrected chi connectivity index (χ4v) is 3.24. The summed E-state index contributed by atoms with van der Waals surface area (Å²) in [5.74, 6) is 2.01. The smallest absolute Gasteiger partial charge is 0.193 e. The van der Waals surface area contributed by atoms with Crippen LogP contribution in [-0.4, -0.2) is 55.6 Å². The summed E-state index contributed by atoms with van der Waals surface area (Å²) in [5, 5.41) is 4.25. The number of hydrogen-bond acceptors (Lipinski definition) is 3. The molecule has 0 aliphatic carbocycles. The highest BCUT2D eigenvalue weighted by atomic mass is 127. The van der Waals surface area contributed by atoms with Gasteiger partial charge in [0.1, 0.15) is 5.82 Å². The van der Waals surface area contributed by atoms with E-state index >= 15 is 0 Å². The highest BCUT2D eigenvalue weighted by Crippen LogP contribution is 2.13. The fraction of sp³-hybridized carbons (Fsp3) is 0.368. The second kappa shape index (κ2) is 10.6. The van der Waals surface area contributed by atoms with Crippen LogP contribution in [0.25, 0.3) is 0 Å². The summed E-state index contributed by atoms with van der Waals surface area (Å²) in [6.45, 7) is 4.62. The second-order valence-corrected chi connectivity index (χ2v) is 6.45. The van der Waals surface area contributed by atoms with Gasteiger partial charge in [-0.2, -0.15) is 0 Å². The van der Waals surface area contributed by atoms with E-state index < -0.39 is 0 Å². The number of aliphatic imine (C=N–C) groups is 1. The Kier molecular flexibility index (Phi) is 8.44. The third-order valence-corrected chi connectivity index (χ3v) is 4.59. The van der Waals surface area contributed by atoms with Crippen molar-refractivity contribution in [2.75, 3.05) is 44.7 Å². The Hall–Kier alpha value is -1.54. The molecule has 1 aliphatic rings. The van der Waals surface area contributed by atoms with E-state index in [-0.39, 0.29) is 24.0 Å². The molecule has 1 N–H and O–H groups in total. The zero-order valence-corrected chi connectivity index (χ0v) is 18.0. The second-order valence-electron chi connectivity index (χ2n) is 6.02. The highest BCUT2D eigenvalue weighted by Gasteiger charge is 2.20. The van der Waals surface area contributed by atoms with Gasteiger partial charge >= 0.3 is 0 Å². The first-order valence-electron chi connectivity index (χ1n) is 8.62. The van der Waals surface area contributed by atoms with Crippen LogP contribution in [0.2, 0.25) is 5.02 Å². The van der Waals surface area contributed by atoms with Gasteiger partial charge in [-0.15, -0.1) is 24.0 Å². The minimum absolute atomic E-state index is 0. The maximum Gasteiger partial charge on any atom is 0.193 e. The fourth-order valence-electron chi connectivity index (χ4n) is 3.03. The normalized spacial score (nSPS) is 14.8. The van der Waals surface area contributed by atoms with Gasteiger partial charge in [0.05, 0.1) is 0 Å². The van der Waals surface area contributed by atoms with E-state index in [2.05, 4.69) is 37.2 Å². The van der Waals surface area contributed by atoms with Crippen LogP contribution in [0.15, 0.2) is 53.7 Å². The number of guanidine groups is 1. The van der Waals surface area contributed by atoms with Crippen LogP contribution in [-0.2, 0) is 6.42 Å². The first-order valence-corrected chi connectivity index (χ1v) is 9.00. The lowest BCUT2D eigenvalue weighted by Gasteiger charge is -2.37. The number of anilines is 1. The van der Waals surface area contributed by atoms with Gasteiger partial charge in [0, 0.05) is 51.0 Å². The molecule has 26 heavy (non-hydrogen) atoms. The summed E-state index contributed by atoms with van der Waals surface area (Å²) in [6, 6.07) is 14.0. The van der Waals surface area contributed by atoms with Crippen LogP contribution in [0, 0.1) is 0 Å². The van der Waals surface area contributed by atoms with Crippen LogP contribution < -0.4 is 10.2 Å². The van der Waals surface area contributed by atoms with Gasteiger partial charge in [0.25, 0.3) is 0 Å². The van der Waals surface area contributed by atoms with Crippen LogP contribution in [0.3, 0.4) is 0 Å². The van der Waals surface area contributed by atoms with Gasteiger partial charge in [-0.1, -0.05) is 29.8 Å². The van der Waals surface area contributed by atoms with E-state index in [1.54, 1.807) is 0 Å². The molecule has 1 saturated heterocycles. The third-order valence-electron chi connectivity index (χ3n) is 4.35. The van der Waals surface area contributed by atoms with E-state index in [0.717, 1.165) is 55.9 Å². The zero-order valence-electron chi connectivity index (χ0n) is 14.9. The number of nitrogens with one attached hydrogen (secondary N) is 1. The monoisotopic (exact) mass is 485 g/mol. The molecule has 1 aromatic heterocycles. The summed E-state index contributed by atoms with van der Waals surface area (Å²) in [6.07, 6.45) is 2.77. The number of benzene rings is 1. The molecule has 0 saturated carbocycles. The minimum Gasteiger partial charge on any atom is -0.356 e. The number of rotatable bonds is 4. The predicted octanol–water partition coefficient (Wildman–Crippen LogP) is 3.29. The summed E-state index contributed by atoms with van der Waals surface area (Å²) in [5.41, 5.74) is 1.23. The molecule has 5 nitrogen and oxygen atoms in total. The maximum atomic E-state index is 6.04. The van der Waals surface area contributed by atoms with Gasteiger partial charge in [0.2, 0.25) is 0 Å². The molecule has 0 amide bonds. The zero-order chi connectivity index (χ0) is 17.5. The standard InChI is InChI=1S/C19H24ClN5.HI/c1-21-19(23-10-8-16-5-4-6-17(20)15-16)25-13-11-24(12-14-25)18-7-2-3-9-22-18;/h2-7,9,15H,8,10-14H2,1H3,(H,21,23);1H. The van der Waals surface area contributed by atoms with Crippen LogP contribution in [0.4, 0.5) is 5.82 Å². The van der Waals surface area contributed by atoms with Crippen molar-refractivity contribution in [3.8, 4) is 0 Å². The van der Waals surface area contributed by atoms with Crippen molar-refractivity contribution in [2.45, 2.75) is 6.42 Å². The van der Waals surface area contributed by atoms with Crippen molar-refractivity contribution in [2.24, 2.45) is 4.99 Å². The Morgan fingerprint density at radius 2 is 1.96 bits per heavy atom. The molecular formula is C19H25ClIN5. The van der Waals surface area contributed by atoms with Crippen molar-refractivity contribution in [3.05, 3.63) is 59.2 Å². The van der Waals surface area contributed by atoms with E-state index in [0.29, 0.717) is 0 Å². The topological polar surface area (TPSA) is 43.8 Å². The van der Waals surface area contributed by atoms with Crippen molar-refractivity contribution >= 4 is 47.4 Å². The number of halogens is 2. The molecular weight excluding hydrogens is 461 g/mol. The summed E-state index contributed by atoms with van der Waals surface area (Å²) < 4.78 is 0. The summed E-state index contributed by atoms with van der Waals surface area (Å²) in [4.78, 5) is 13.5. The van der Waals surface area contributed by atoms with Crippen molar-refractivity contribution in [1.29, 1.82) is 0 Å². The molecule has 2 heterocycles. The van der Waals surface area contributed by atoms with Crippen LogP contribution >= 0.6 is 35.6 Å². The number of hydrogen-bond donors (Lipinski definition) is 1. The SMILES string of the molecule is CN=C(NCCc1cccc(Cl)c1)N1CCN(c2ccccn2)CC1.I. The van der Waals surface area contributed by atoms with Gasteiger partial charge in [0.15, 0.2) is 5.96 Å². The molecule has 1 aromatic carbocycles. The number of nitrogens with zero attached hydrogens (tertiary/aromatic N) is 4. The van der Waals surface area contributed by atoms with E-state index in [1.807, 2.05) is 43.6 Å². The highest BCUT2D eigenvalue weighted by molar-refractivity contribution is 14.0. The Labute approximate surface area is 177 Å². The Balaban J connectivity index is 0.00000243. The quantitative estimate of drug-likeness (QED) is 0.410. The third kappa shape index (κ3) is 5.74. The van der Waals surface area contributed by atoms with E-state index in [4.69, 9.17) is 11.6 Å². The molecule has 140 valence electrons. The first-order chi connectivity index (χ1) is 12.3. The molecule has 0 atom stereocenters. The lowest BCUT2D eigenvalue weighted by molar-refractivity contribution is 0.372. The average molecular weight is 486 g/mol. The van der Waals surface area contributed by atoms with Crippen LogP contribution in [0.1, 0.15) is 5.56 Å². The molecule has 2 aromatic rings. The first kappa shape index (κ1) is 20.8. The average Bonchev–Trinajstić information content (AvgIpc) is 2.66. The molecule has 1 aliphatic heterocycles. The summed E-state index contributed by atoms with van der Waals surface area (Å²) >= 11 is 6.04. The summed E-state index contributed by atoms with van der Waals surface area (Å²) in [7, 11) is 1.84. The van der Waals surface area contributed by atoms with Crippen molar-refractivity contribution in [3.63, 3.8) is 0 Å². The molecule has 0 radical (unpaired) electrons. The molecule has 3 rings (SSSR count). The molecule has 0 spiro atoms. The maximum absolute atomic E-state index is 6.04. The number of aromatic nitrogens is 1. The molecule has 1 fully saturated rings. The minimum atomic E-state index is 0. The Morgan fingerprint density at radius 1 is 1.15 bits per heavy atom. The van der Waals surface area contributed by atoms with E-state index in [1.165, 1.54) is 5.56 Å². The van der Waals surface area contributed by atoms with Gasteiger partial charge < -0.3 is 15.1 Å². The largest absolute Gasteiger partial charge is 0.356 e. The number of pyridine rings is 1. The lowest BCUT2D eigenvalue weighted by Crippen LogP contribution is -2.53. The molecule has 0 unspecified atom stereocenters. The lowest BCUT2D eigenvalue weighted by atomic mass is 10.1. The van der Waals surface area contributed by atoms with Crippen LogP contribution in [0.5, 0.6) is 0 Å². The number of piperazine rings is 1. The molecule has 0 bridgehead atoms. The van der Waals surface area contributed by atoms with Crippen molar-refractivity contribution in [1.82, 2.24) is 15.2 Å². The van der Waals surface area contributed by atoms with Gasteiger partial charge in [-0.25, -0.2) is 4.98 Å². The Bertz CT molecular complexity index is 702. The van der Waals surface area contributed by atoms with E-state index in [9.17, 15) is 0 Å². The Morgan fingerprint density at radius 3 is 2.62 bits per heavy atom. The van der Waals surface area contributed by atoms with Gasteiger partial charge in [-0.3, -0.25) is 4.99 Å². The van der Waals surface area contributed by atoms with Crippen molar-refractivity contribution < 1.29 is 0 Å². The van der Waals surface area contributed by atoms with Gasteiger partial charge in [-0.05, 0) is 36.2 Å².